The van der Waals surface area contributed by atoms with E-state index in [0.29, 0.717) is 22.6 Å². The fraction of sp³-hybridized carbons (Fsp3) is 0.0435. The van der Waals surface area contributed by atoms with Gasteiger partial charge in [0.05, 0.1) is 17.1 Å². The normalized spacial score (nSPS) is 12.2. The number of nitrogens with zero attached hydrogens (tertiary/aromatic N) is 4. The lowest BCUT2D eigenvalue weighted by Crippen LogP contribution is -1.98. The molecule has 0 saturated carbocycles. The Hall–Kier alpha value is -4.15. The van der Waals surface area contributed by atoms with Crippen molar-refractivity contribution in [1.82, 2.24) is 0 Å². The van der Waals surface area contributed by atoms with Crippen LogP contribution in [0.25, 0.3) is 10.8 Å². The van der Waals surface area contributed by atoms with E-state index in [1.165, 1.54) is 24.3 Å². The Balaban J connectivity index is 1.76. The summed E-state index contributed by atoms with van der Waals surface area (Å²) in [6, 6.07) is 19.4. The van der Waals surface area contributed by atoms with Crippen molar-refractivity contribution in [2.75, 3.05) is 5.73 Å². The Kier molecular flexibility index (Phi) is 5.86. The quantitative estimate of drug-likeness (QED) is 0.176. The molecule has 0 unspecified atom stereocenters. The van der Waals surface area contributed by atoms with Crippen LogP contribution in [0.3, 0.4) is 0 Å². The number of anilines is 1. The predicted molar refractivity (Wildman–Crippen MR) is 126 cm³/mol. The monoisotopic (exact) mass is 461 g/mol. The van der Waals surface area contributed by atoms with Gasteiger partial charge in [-0.05, 0) is 61.0 Å². The first-order valence-electron chi connectivity index (χ1n) is 9.74. The molecule has 0 saturated heterocycles. The Morgan fingerprint density at radius 1 is 0.758 bits per heavy atom. The number of benzene rings is 4. The number of aromatic hydroxyl groups is 1. The van der Waals surface area contributed by atoms with Crippen molar-refractivity contribution in [3.63, 3.8) is 0 Å². The summed E-state index contributed by atoms with van der Waals surface area (Å²) in [6.45, 7) is 1.70. The molecule has 0 spiro atoms. The van der Waals surface area contributed by atoms with Gasteiger partial charge in [-0.2, -0.15) is 18.6 Å². The Morgan fingerprint density at radius 2 is 1.39 bits per heavy atom. The molecule has 0 aliphatic rings. The number of hydrogen-bond donors (Lipinski definition) is 3. The van der Waals surface area contributed by atoms with E-state index in [2.05, 4.69) is 20.5 Å². The molecule has 10 heteroatoms. The highest BCUT2D eigenvalue weighted by atomic mass is 32.2. The van der Waals surface area contributed by atoms with Crippen molar-refractivity contribution < 1.29 is 18.1 Å². The molecule has 0 aliphatic carbocycles. The minimum Gasteiger partial charge on any atom is -0.508 e. The molecule has 4 aromatic carbocycles. The van der Waals surface area contributed by atoms with E-state index in [1.54, 1.807) is 31.2 Å². The summed E-state index contributed by atoms with van der Waals surface area (Å²) in [5, 5.41) is 27.3. The minimum atomic E-state index is -4.62. The average molecular weight is 462 g/mol. The highest BCUT2D eigenvalue weighted by Crippen LogP contribution is 2.36. The number of fused-ring (bicyclic) bond motifs is 1. The van der Waals surface area contributed by atoms with E-state index in [1.807, 2.05) is 24.3 Å². The zero-order valence-electron chi connectivity index (χ0n) is 17.4. The van der Waals surface area contributed by atoms with Gasteiger partial charge < -0.3 is 10.8 Å². The molecule has 0 atom stereocenters. The maximum Gasteiger partial charge on any atom is 0.296 e. The molecule has 0 bridgehead atoms. The summed E-state index contributed by atoms with van der Waals surface area (Å²) in [5.41, 5.74) is 8.31. The zero-order chi connectivity index (χ0) is 23.6. The molecule has 0 aliphatic heterocycles. The molecule has 0 radical (unpaired) electrons. The van der Waals surface area contributed by atoms with E-state index in [-0.39, 0.29) is 17.1 Å². The van der Waals surface area contributed by atoms with Crippen LogP contribution in [0.4, 0.5) is 28.4 Å². The summed E-state index contributed by atoms with van der Waals surface area (Å²) in [5.74, 6) is 0.0855. The van der Waals surface area contributed by atoms with Gasteiger partial charge in [0, 0.05) is 16.5 Å². The molecule has 4 aromatic rings. The largest absolute Gasteiger partial charge is 0.508 e. The molecule has 0 aromatic heterocycles. The van der Waals surface area contributed by atoms with Crippen molar-refractivity contribution in [3.8, 4) is 5.75 Å². The third-order valence-corrected chi connectivity index (χ3v) is 5.76. The molecule has 4 rings (SSSR count). The Bertz CT molecular complexity index is 1510. The van der Waals surface area contributed by atoms with Crippen molar-refractivity contribution in [2.45, 2.75) is 11.8 Å². The van der Waals surface area contributed by atoms with Gasteiger partial charge in [0.25, 0.3) is 10.1 Å². The first-order valence-corrected chi connectivity index (χ1v) is 11.2. The van der Waals surface area contributed by atoms with Crippen LogP contribution in [0.15, 0.2) is 98.1 Å². The van der Waals surface area contributed by atoms with Gasteiger partial charge in [0.15, 0.2) is 0 Å². The fourth-order valence-electron chi connectivity index (χ4n) is 3.19. The molecular weight excluding hydrogens is 442 g/mol. The second kappa shape index (κ2) is 8.77. The van der Waals surface area contributed by atoms with Crippen LogP contribution in [-0.4, -0.2) is 18.1 Å². The van der Waals surface area contributed by atoms with Gasteiger partial charge in [-0.25, -0.2) is 0 Å². The maximum atomic E-state index is 12.0. The number of rotatable bonds is 5. The Labute approximate surface area is 189 Å². The maximum absolute atomic E-state index is 12.0. The van der Waals surface area contributed by atoms with Gasteiger partial charge in [-0.15, -0.1) is 10.2 Å². The highest BCUT2D eigenvalue weighted by molar-refractivity contribution is 7.86. The number of azo groups is 2. The molecule has 166 valence electrons. The first kappa shape index (κ1) is 22.1. The first-order chi connectivity index (χ1) is 15.7. The topological polar surface area (TPSA) is 150 Å². The second-order valence-electron chi connectivity index (χ2n) is 7.22. The summed E-state index contributed by atoms with van der Waals surface area (Å²) < 4.78 is 33.8. The number of nitrogens with two attached hydrogens (primary N) is 1. The van der Waals surface area contributed by atoms with Crippen LogP contribution in [0.1, 0.15) is 5.56 Å². The van der Waals surface area contributed by atoms with Crippen molar-refractivity contribution in [1.29, 1.82) is 0 Å². The number of hydrogen-bond acceptors (Lipinski definition) is 8. The minimum absolute atomic E-state index is 0.0421. The SMILES string of the molecule is Cc1cc(N=Nc2ccc(N)c3ccccc23)c(S(=O)(=O)O)cc1N=Nc1ccc(O)cc1. The van der Waals surface area contributed by atoms with Gasteiger partial charge in [0.1, 0.15) is 16.3 Å². The van der Waals surface area contributed by atoms with Gasteiger partial charge in [0.2, 0.25) is 0 Å². The number of aryl methyl sites for hydroxylation is 1. The van der Waals surface area contributed by atoms with E-state index in [9.17, 15) is 18.1 Å². The fourth-order valence-corrected chi connectivity index (χ4v) is 3.81. The van der Waals surface area contributed by atoms with Crippen molar-refractivity contribution in [2.24, 2.45) is 20.5 Å². The van der Waals surface area contributed by atoms with Gasteiger partial charge in [-0.1, -0.05) is 24.3 Å². The summed E-state index contributed by atoms with van der Waals surface area (Å²) in [7, 11) is -4.62. The molecule has 0 heterocycles. The average Bonchev–Trinajstić information content (AvgIpc) is 2.78. The van der Waals surface area contributed by atoms with Crippen LogP contribution in [0.5, 0.6) is 5.75 Å². The molecule has 4 N–H and O–H groups in total. The molecule has 9 nitrogen and oxygen atoms in total. The van der Waals surface area contributed by atoms with Gasteiger partial charge in [-0.3, -0.25) is 4.55 Å². The van der Waals surface area contributed by atoms with E-state index < -0.39 is 15.0 Å². The van der Waals surface area contributed by atoms with Crippen molar-refractivity contribution >= 4 is 49.3 Å². The van der Waals surface area contributed by atoms with Crippen molar-refractivity contribution in [3.05, 3.63) is 78.4 Å². The van der Waals surface area contributed by atoms with Crippen LogP contribution < -0.4 is 5.73 Å². The third-order valence-electron chi connectivity index (χ3n) is 4.88. The third kappa shape index (κ3) is 4.86. The summed E-state index contributed by atoms with van der Waals surface area (Å²) >= 11 is 0. The van der Waals surface area contributed by atoms with Crippen LogP contribution in [0, 0.1) is 6.92 Å². The lowest BCUT2D eigenvalue weighted by Gasteiger charge is -2.07. The molecule has 0 amide bonds. The van der Waals surface area contributed by atoms with Crippen LogP contribution in [0.2, 0.25) is 0 Å². The highest BCUT2D eigenvalue weighted by Gasteiger charge is 2.18. The van der Waals surface area contributed by atoms with E-state index in [0.717, 1.165) is 10.8 Å². The number of nitrogen functional groups attached to an aromatic ring is 1. The lowest BCUT2D eigenvalue weighted by atomic mass is 10.1. The van der Waals surface area contributed by atoms with Crippen LogP contribution >= 0.6 is 0 Å². The van der Waals surface area contributed by atoms with Gasteiger partial charge >= 0.3 is 0 Å². The molecule has 0 fully saturated rings. The smallest absolute Gasteiger partial charge is 0.296 e. The number of phenols is 1. The zero-order valence-corrected chi connectivity index (χ0v) is 18.2. The number of phenolic OH excluding ortho intramolecular Hbond substituents is 1. The summed E-state index contributed by atoms with van der Waals surface area (Å²) in [6.07, 6.45) is 0. The summed E-state index contributed by atoms with van der Waals surface area (Å²) in [4.78, 5) is -0.448. The predicted octanol–water partition coefficient (Wildman–Crippen LogP) is 6.51. The molecule has 33 heavy (non-hydrogen) atoms. The van der Waals surface area contributed by atoms with Crippen LogP contribution in [-0.2, 0) is 10.1 Å². The second-order valence-corrected chi connectivity index (χ2v) is 8.61. The van der Waals surface area contributed by atoms with E-state index >= 15 is 0 Å². The Morgan fingerprint density at radius 3 is 2.09 bits per heavy atom. The standard InChI is InChI=1S/C23H19N5O4S/c1-14-12-22(28-26-20-11-10-19(24)17-4-2-3-5-18(17)20)23(33(30,31)32)13-21(14)27-25-15-6-8-16(29)9-7-15/h2-13,29H,24H2,1H3,(H,30,31,32). The lowest BCUT2D eigenvalue weighted by molar-refractivity contribution is 0.475. The molecular formula is C23H19N5O4S. The van der Waals surface area contributed by atoms with E-state index in [4.69, 9.17) is 5.73 Å².